The lowest BCUT2D eigenvalue weighted by molar-refractivity contribution is -0.118. The molecular formula is C16H22ClN6O5P. The van der Waals surface area contributed by atoms with Crippen LogP contribution in [0.2, 0.25) is 5.28 Å². The molecule has 0 radical (unpaired) electrons. The number of carbonyl (C=O) groups excluding carboxylic acids is 1. The molecule has 0 bridgehead atoms. The van der Waals surface area contributed by atoms with Crippen LogP contribution in [-0.2, 0) is 9.36 Å². The Labute approximate surface area is 170 Å². The maximum absolute atomic E-state index is 12.7. The summed E-state index contributed by atoms with van der Waals surface area (Å²) in [6.45, 7) is 2.82. The average Bonchev–Trinajstić information content (AvgIpc) is 3.06. The molecule has 2 heterocycles. The Morgan fingerprint density at radius 2 is 2.21 bits per heavy atom. The Morgan fingerprint density at radius 1 is 1.52 bits per heavy atom. The highest BCUT2D eigenvalue weighted by Crippen LogP contribution is 2.71. The molecule has 0 spiro atoms. The zero-order chi connectivity index (χ0) is 21.3. The van der Waals surface area contributed by atoms with E-state index in [0.29, 0.717) is 17.6 Å². The predicted molar refractivity (Wildman–Crippen MR) is 104 cm³/mol. The molecule has 7 atom stereocenters. The lowest BCUT2D eigenvalue weighted by Gasteiger charge is -2.26. The van der Waals surface area contributed by atoms with Gasteiger partial charge in [-0.05, 0) is 37.8 Å². The van der Waals surface area contributed by atoms with Gasteiger partial charge in [0.2, 0.25) is 5.28 Å². The van der Waals surface area contributed by atoms with Crippen LogP contribution in [0.25, 0.3) is 11.2 Å². The third-order valence-electron chi connectivity index (χ3n) is 6.11. The van der Waals surface area contributed by atoms with Crippen molar-refractivity contribution in [2.45, 2.75) is 44.6 Å². The van der Waals surface area contributed by atoms with Gasteiger partial charge < -0.3 is 25.4 Å². The van der Waals surface area contributed by atoms with Crippen LogP contribution < -0.4 is 10.8 Å². The van der Waals surface area contributed by atoms with Gasteiger partial charge in [0.25, 0.3) is 7.52 Å². The number of nitrogens with zero attached hydrogens (tertiary/aromatic N) is 4. The number of nitrogens with one attached hydrogen (secondary N) is 1. The minimum Gasteiger partial charge on any atom is -0.390 e. The van der Waals surface area contributed by atoms with Crippen molar-refractivity contribution >= 4 is 41.9 Å². The number of aromatic nitrogens is 4. The average molecular weight is 445 g/mol. The van der Waals surface area contributed by atoms with Crippen LogP contribution in [0.5, 0.6) is 0 Å². The van der Waals surface area contributed by atoms with E-state index in [2.05, 4.69) is 20.0 Å². The molecule has 2 aromatic rings. The summed E-state index contributed by atoms with van der Waals surface area (Å²) >= 11 is 5.90. The molecule has 2 saturated carbocycles. The molecule has 4 rings (SSSR count). The third-order valence-corrected chi connectivity index (χ3v) is 8.09. The fourth-order valence-corrected chi connectivity index (χ4v) is 6.92. The lowest BCUT2D eigenvalue weighted by Crippen LogP contribution is -2.37. The van der Waals surface area contributed by atoms with Crippen LogP contribution in [0, 0.1) is 11.3 Å². The molecule has 29 heavy (non-hydrogen) atoms. The van der Waals surface area contributed by atoms with Crippen molar-refractivity contribution in [3.05, 3.63) is 11.6 Å². The van der Waals surface area contributed by atoms with Crippen molar-refractivity contribution in [2.75, 3.05) is 11.9 Å². The van der Waals surface area contributed by atoms with Gasteiger partial charge in [0.15, 0.2) is 11.5 Å². The molecule has 2 fully saturated rings. The molecule has 6 N–H and O–H groups in total. The smallest absolute Gasteiger partial charge is 0.268 e. The molecule has 0 aliphatic heterocycles. The summed E-state index contributed by atoms with van der Waals surface area (Å²) in [5.41, 5.74) is 5.51. The van der Waals surface area contributed by atoms with E-state index in [9.17, 15) is 24.5 Å². The van der Waals surface area contributed by atoms with Gasteiger partial charge in [-0.25, -0.2) is 10.1 Å². The van der Waals surface area contributed by atoms with Crippen molar-refractivity contribution in [1.29, 1.82) is 0 Å². The van der Waals surface area contributed by atoms with Crippen LogP contribution in [0.1, 0.15) is 26.3 Å². The number of imidazole rings is 1. The number of aliphatic hydroxyl groups is 2. The van der Waals surface area contributed by atoms with Crippen LogP contribution in [-0.4, -0.2) is 64.8 Å². The number of anilines is 1. The number of halogens is 1. The standard InChI is InChI=1S/C16H22ClN6O5P/c1-6(7(2)24)22-29(27,28)4-16-3-8(16)10(11(25)12(16)26)23-5-19-9-13(18)20-15(17)21-14(9)23/h5-6,8,10-12,25-26H,3-4H2,1-2H3,(H2,18,20,21)(H2,22,27,28)/t6?,8-,10-,11+,12+,16-/m1/s1. The van der Waals surface area contributed by atoms with Gasteiger partial charge >= 0.3 is 0 Å². The first kappa shape index (κ1) is 20.6. The van der Waals surface area contributed by atoms with Crippen molar-refractivity contribution in [1.82, 2.24) is 24.6 Å². The number of ketones is 1. The first-order valence-electron chi connectivity index (χ1n) is 9.08. The second-order valence-corrected chi connectivity index (χ2v) is 10.3. The molecule has 0 amide bonds. The van der Waals surface area contributed by atoms with Crippen LogP contribution in [0.4, 0.5) is 5.82 Å². The fourth-order valence-electron chi connectivity index (χ4n) is 4.52. The van der Waals surface area contributed by atoms with Crippen LogP contribution in [0.3, 0.4) is 0 Å². The second kappa shape index (κ2) is 6.69. The highest BCUT2D eigenvalue weighted by molar-refractivity contribution is 7.56. The zero-order valence-corrected chi connectivity index (χ0v) is 17.4. The van der Waals surface area contributed by atoms with Crippen molar-refractivity contribution in [2.24, 2.45) is 11.3 Å². The Kier molecular flexibility index (Phi) is 4.77. The van der Waals surface area contributed by atoms with Crippen molar-refractivity contribution in [3.8, 4) is 0 Å². The van der Waals surface area contributed by atoms with Gasteiger partial charge in [-0.1, -0.05) is 0 Å². The largest absolute Gasteiger partial charge is 0.390 e. The maximum Gasteiger partial charge on any atom is 0.268 e. The first-order chi connectivity index (χ1) is 13.5. The molecule has 158 valence electrons. The van der Waals surface area contributed by atoms with E-state index in [1.54, 1.807) is 4.57 Å². The summed E-state index contributed by atoms with van der Waals surface area (Å²) in [6, 6.07) is -1.41. The minimum absolute atomic E-state index is 0.0749. The van der Waals surface area contributed by atoms with E-state index in [1.807, 2.05) is 0 Å². The molecule has 0 aromatic carbocycles. The number of Topliss-reactive ketones (excluding diaryl/α,β-unsaturated/α-hetero) is 1. The van der Waals surface area contributed by atoms with E-state index >= 15 is 0 Å². The van der Waals surface area contributed by atoms with Gasteiger partial charge in [-0.3, -0.25) is 9.36 Å². The van der Waals surface area contributed by atoms with Gasteiger partial charge in [0, 0.05) is 11.6 Å². The lowest BCUT2D eigenvalue weighted by atomic mass is 10.0. The van der Waals surface area contributed by atoms with Gasteiger partial charge in [-0.2, -0.15) is 9.97 Å². The molecular weight excluding hydrogens is 423 g/mol. The monoisotopic (exact) mass is 444 g/mol. The Hall–Kier alpha value is -1.62. The number of aliphatic hydroxyl groups excluding tert-OH is 2. The van der Waals surface area contributed by atoms with E-state index in [0.717, 1.165) is 0 Å². The number of nitrogen functional groups attached to an aromatic ring is 1. The Bertz CT molecular complexity index is 1050. The van der Waals surface area contributed by atoms with E-state index < -0.39 is 37.2 Å². The molecule has 0 saturated heterocycles. The number of hydrogen-bond donors (Lipinski definition) is 5. The maximum atomic E-state index is 12.7. The van der Waals surface area contributed by atoms with Gasteiger partial charge in [-0.15, -0.1) is 0 Å². The summed E-state index contributed by atoms with van der Waals surface area (Å²) in [5.74, 6) is -0.459. The van der Waals surface area contributed by atoms with E-state index in [-0.39, 0.29) is 29.0 Å². The van der Waals surface area contributed by atoms with E-state index in [1.165, 1.54) is 20.2 Å². The summed E-state index contributed by atoms with van der Waals surface area (Å²) < 4.78 is 14.3. The number of carbonyl (C=O) groups is 1. The minimum atomic E-state index is -3.94. The Balaban J connectivity index is 1.64. The van der Waals surface area contributed by atoms with Gasteiger partial charge in [0.05, 0.1) is 24.5 Å². The second-order valence-electron chi connectivity index (χ2n) is 7.99. The zero-order valence-electron chi connectivity index (χ0n) is 15.7. The third kappa shape index (κ3) is 3.26. The summed E-state index contributed by atoms with van der Waals surface area (Å²) in [7, 11) is -3.94. The van der Waals surface area contributed by atoms with Crippen LogP contribution in [0.15, 0.2) is 6.33 Å². The quantitative estimate of drug-likeness (QED) is 0.303. The highest BCUT2D eigenvalue weighted by Gasteiger charge is 2.72. The topological polar surface area (TPSA) is 176 Å². The fraction of sp³-hybridized carbons (Fsp3) is 0.625. The molecule has 2 unspecified atom stereocenters. The molecule has 2 aromatic heterocycles. The van der Waals surface area contributed by atoms with Gasteiger partial charge in [0.1, 0.15) is 17.4 Å². The number of rotatable bonds is 6. The predicted octanol–water partition coefficient (Wildman–Crippen LogP) is 0.0972. The molecule has 2 aliphatic carbocycles. The highest BCUT2D eigenvalue weighted by atomic mass is 35.5. The van der Waals surface area contributed by atoms with Crippen molar-refractivity contribution < 1.29 is 24.5 Å². The summed E-state index contributed by atoms with van der Waals surface area (Å²) in [5, 5.41) is 23.8. The number of nitrogens with two attached hydrogens (primary N) is 1. The summed E-state index contributed by atoms with van der Waals surface area (Å²) in [4.78, 5) is 34.0. The molecule has 11 nitrogen and oxygen atoms in total. The van der Waals surface area contributed by atoms with Crippen molar-refractivity contribution in [3.63, 3.8) is 0 Å². The molecule has 2 aliphatic rings. The number of fused-ring (bicyclic) bond motifs is 2. The SMILES string of the molecule is CC(=O)C(C)NP(=O)(O)C[C@]12C[C@@H]1[C@@H](n1cnc3c(N)nc(Cl)nc31)[C@H](O)[C@@H]2O. The normalized spacial score (nSPS) is 34.0. The number of hydrogen-bond acceptors (Lipinski definition) is 8. The first-order valence-corrected chi connectivity index (χ1v) is 11.3. The summed E-state index contributed by atoms with van der Waals surface area (Å²) in [6.07, 6.45) is -0.812. The van der Waals surface area contributed by atoms with E-state index in [4.69, 9.17) is 17.3 Å². The Morgan fingerprint density at radius 3 is 2.86 bits per heavy atom. The molecule has 13 heteroatoms. The van der Waals surface area contributed by atoms with Crippen LogP contribution >= 0.6 is 19.1 Å².